The predicted molar refractivity (Wildman–Crippen MR) is 83.0 cm³/mol. The molecule has 0 spiro atoms. The molecule has 0 saturated carbocycles. The fourth-order valence-electron chi connectivity index (χ4n) is 1.82. The second-order valence-electron chi connectivity index (χ2n) is 4.38. The molecule has 104 valence electrons. The van der Waals surface area contributed by atoms with Crippen molar-refractivity contribution in [2.45, 2.75) is 12.8 Å². The van der Waals surface area contributed by atoms with Gasteiger partial charge in [-0.2, -0.15) is 0 Å². The Morgan fingerprint density at radius 3 is 2.45 bits per heavy atom. The molecule has 0 radical (unpaired) electrons. The van der Waals surface area contributed by atoms with E-state index in [0.29, 0.717) is 14.5 Å². The molecule has 2 rings (SSSR count). The van der Waals surface area contributed by atoms with Gasteiger partial charge in [-0.1, -0.05) is 51.3 Å². The summed E-state index contributed by atoms with van der Waals surface area (Å²) in [7, 11) is 0. The van der Waals surface area contributed by atoms with Crippen LogP contribution < -0.4 is 0 Å². The molecule has 0 unspecified atom stereocenters. The zero-order valence-corrected chi connectivity index (χ0v) is 13.4. The second kappa shape index (κ2) is 6.70. The quantitative estimate of drug-likeness (QED) is 0.713. The van der Waals surface area contributed by atoms with Gasteiger partial charge in [0.15, 0.2) is 0 Å². The zero-order chi connectivity index (χ0) is 14.7. The normalized spacial score (nSPS) is 10.6. The van der Waals surface area contributed by atoms with Crippen LogP contribution in [0.2, 0.25) is 10.0 Å². The number of hydrogen-bond acceptors (Lipinski definition) is 1. The average Bonchev–Trinajstić information content (AvgIpc) is 2.37. The summed E-state index contributed by atoms with van der Waals surface area (Å²) in [4.78, 5) is 12.0. The van der Waals surface area contributed by atoms with Crippen molar-refractivity contribution in [1.82, 2.24) is 0 Å². The first-order valence-electron chi connectivity index (χ1n) is 5.85. The summed E-state index contributed by atoms with van der Waals surface area (Å²) in [5.74, 6) is -0.312. The smallest absolute Gasteiger partial charge is 0.141 e. The molecule has 0 aromatic heterocycles. The van der Waals surface area contributed by atoms with Crippen molar-refractivity contribution in [3.8, 4) is 0 Å². The van der Waals surface area contributed by atoms with Crippen LogP contribution in [-0.2, 0) is 17.6 Å². The summed E-state index contributed by atoms with van der Waals surface area (Å²) in [6.07, 6.45) is 0.502. The molecular weight excluding hydrogens is 366 g/mol. The average molecular weight is 376 g/mol. The van der Waals surface area contributed by atoms with E-state index in [2.05, 4.69) is 15.9 Å². The summed E-state index contributed by atoms with van der Waals surface area (Å²) in [6.45, 7) is 0. The first kappa shape index (κ1) is 15.5. The van der Waals surface area contributed by atoms with E-state index in [1.165, 1.54) is 12.1 Å². The number of benzene rings is 2. The van der Waals surface area contributed by atoms with Crippen molar-refractivity contribution in [1.29, 1.82) is 0 Å². The Kier molecular flexibility index (Phi) is 5.19. The lowest BCUT2D eigenvalue weighted by Gasteiger charge is -2.05. The third kappa shape index (κ3) is 4.05. The standard InChI is InChI=1S/C15H10BrCl2FO/c16-13-8-11(19)3-2-10(13)7-12(20)5-9-1-4-14(17)15(18)6-9/h1-4,6,8H,5,7H2. The van der Waals surface area contributed by atoms with Gasteiger partial charge in [0.25, 0.3) is 0 Å². The van der Waals surface area contributed by atoms with Crippen molar-refractivity contribution in [2.24, 2.45) is 0 Å². The van der Waals surface area contributed by atoms with Crippen molar-refractivity contribution in [3.63, 3.8) is 0 Å². The topological polar surface area (TPSA) is 17.1 Å². The molecule has 1 nitrogen and oxygen atoms in total. The van der Waals surface area contributed by atoms with Gasteiger partial charge < -0.3 is 0 Å². The zero-order valence-electron chi connectivity index (χ0n) is 10.3. The van der Waals surface area contributed by atoms with E-state index in [1.807, 2.05) is 0 Å². The fourth-order valence-corrected chi connectivity index (χ4v) is 2.63. The summed E-state index contributed by atoms with van der Waals surface area (Å²) in [5.41, 5.74) is 1.57. The highest BCUT2D eigenvalue weighted by Crippen LogP contribution is 2.23. The predicted octanol–water partition coefficient (Wildman–Crippen LogP) is 5.25. The van der Waals surface area contributed by atoms with Crippen LogP contribution in [0.5, 0.6) is 0 Å². The number of carbonyl (C=O) groups is 1. The van der Waals surface area contributed by atoms with Crippen LogP contribution in [0.4, 0.5) is 4.39 Å². The van der Waals surface area contributed by atoms with Crippen LogP contribution in [0.3, 0.4) is 0 Å². The molecule has 0 bridgehead atoms. The molecule has 2 aromatic carbocycles. The van der Waals surface area contributed by atoms with Gasteiger partial charge in [-0.05, 0) is 35.4 Å². The van der Waals surface area contributed by atoms with Crippen LogP contribution >= 0.6 is 39.1 Å². The largest absolute Gasteiger partial charge is 0.299 e. The maximum Gasteiger partial charge on any atom is 0.141 e. The van der Waals surface area contributed by atoms with E-state index in [-0.39, 0.29) is 24.4 Å². The highest BCUT2D eigenvalue weighted by Gasteiger charge is 2.10. The third-order valence-corrected chi connectivity index (χ3v) is 4.27. The SMILES string of the molecule is O=C(Cc1ccc(Cl)c(Cl)c1)Cc1ccc(F)cc1Br. The molecule has 0 fully saturated rings. The Hall–Kier alpha value is -0.900. The van der Waals surface area contributed by atoms with Crippen molar-refractivity contribution in [3.05, 3.63) is 67.9 Å². The van der Waals surface area contributed by atoms with Gasteiger partial charge in [0.05, 0.1) is 10.0 Å². The van der Waals surface area contributed by atoms with Gasteiger partial charge in [-0.25, -0.2) is 4.39 Å². The van der Waals surface area contributed by atoms with Crippen molar-refractivity contribution in [2.75, 3.05) is 0 Å². The van der Waals surface area contributed by atoms with Crippen LogP contribution in [0, 0.1) is 5.82 Å². The molecule has 0 saturated heterocycles. The van der Waals surface area contributed by atoms with E-state index in [9.17, 15) is 9.18 Å². The number of hydrogen-bond donors (Lipinski definition) is 0. The van der Waals surface area contributed by atoms with Gasteiger partial charge in [0.1, 0.15) is 11.6 Å². The molecule has 0 amide bonds. The van der Waals surface area contributed by atoms with Crippen LogP contribution in [0.15, 0.2) is 40.9 Å². The van der Waals surface area contributed by atoms with Crippen LogP contribution in [-0.4, -0.2) is 5.78 Å². The third-order valence-electron chi connectivity index (χ3n) is 2.79. The van der Waals surface area contributed by atoms with Gasteiger partial charge in [-0.15, -0.1) is 0 Å². The first-order valence-corrected chi connectivity index (χ1v) is 7.40. The summed E-state index contributed by atoms with van der Waals surface area (Å²) in [5, 5.41) is 0.893. The summed E-state index contributed by atoms with van der Waals surface area (Å²) >= 11 is 15.0. The van der Waals surface area contributed by atoms with Gasteiger partial charge in [0, 0.05) is 17.3 Å². The molecule has 0 aliphatic carbocycles. The Morgan fingerprint density at radius 2 is 1.80 bits per heavy atom. The molecule has 2 aromatic rings. The highest BCUT2D eigenvalue weighted by atomic mass is 79.9. The second-order valence-corrected chi connectivity index (χ2v) is 6.05. The Bertz CT molecular complexity index is 658. The maximum atomic E-state index is 13.0. The maximum absolute atomic E-state index is 13.0. The van der Waals surface area contributed by atoms with E-state index < -0.39 is 0 Å². The number of ketones is 1. The Labute approximate surface area is 134 Å². The summed E-state index contributed by atoms with van der Waals surface area (Å²) in [6, 6.07) is 9.41. The number of carbonyl (C=O) groups excluding carboxylic acids is 1. The van der Waals surface area contributed by atoms with Crippen molar-refractivity contribution >= 4 is 44.9 Å². The lowest BCUT2D eigenvalue weighted by molar-refractivity contribution is -0.117. The Morgan fingerprint density at radius 1 is 1.05 bits per heavy atom. The summed E-state index contributed by atoms with van der Waals surface area (Å²) < 4.78 is 13.6. The minimum absolute atomic E-state index is 0.0238. The van der Waals surface area contributed by atoms with E-state index in [0.717, 1.165) is 11.1 Å². The molecular formula is C15H10BrCl2FO. The molecule has 0 aliphatic heterocycles. The molecule has 20 heavy (non-hydrogen) atoms. The highest BCUT2D eigenvalue weighted by molar-refractivity contribution is 9.10. The Balaban J connectivity index is 2.07. The van der Waals surface area contributed by atoms with Crippen molar-refractivity contribution < 1.29 is 9.18 Å². The van der Waals surface area contributed by atoms with Gasteiger partial charge >= 0.3 is 0 Å². The van der Waals surface area contributed by atoms with E-state index in [1.54, 1.807) is 24.3 Å². The monoisotopic (exact) mass is 374 g/mol. The molecule has 5 heteroatoms. The molecule has 0 heterocycles. The van der Waals surface area contributed by atoms with Gasteiger partial charge in [-0.3, -0.25) is 4.79 Å². The van der Waals surface area contributed by atoms with Gasteiger partial charge in [0.2, 0.25) is 0 Å². The van der Waals surface area contributed by atoms with Crippen LogP contribution in [0.25, 0.3) is 0 Å². The first-order chi connectivity index (χ1) is 9.45. The minimum atomic E-state index is -0.336. The van der Waals surface area contributed by atoms with E-state index >= 15 is 0 Å². The number of Topliss-reactive ketones (excluding diaryl/α,β-unsaturated/α-hetero) is 1. The van der Waals surface area contributed by atoms with E-state index in [4.69, 9.17) is 23.2 Å². The molecule has 0 atom stereocenters. The molecule has 0 aliphatic rings. The molecule has 0 N–H and O–H groups in total. The van der Waals surface area contributed by atoms with Crippen LogP contribution in [0.1, 0.15) is 11.1 Å². The minimum Gasteiger partial charge on any atom is -0.299 e. The lowest BCUT2D eigenvalue weighted by Crippen LogP contribution is -2.07. The number of rotatable bonds is 4. The lowest BCUT2D eigenvalue weighted by atomic mass is 10.0. The fraction of sp³-hybridized carbons (Fsp3) is 0.133. The number of halogens is 4.